The van der Waals surface area contributed by atoms with E-state index in [0.717, 1.165) is 51.4 Å². The molecule has 0 aromatic rings. The second-order valence-corrected chi connectivity index (χ2v) is 18.2. The van der Waals surface area contributed by atoms with Gasteiger partial charge in [-0.05, 0) is 64.2 Å². The van der Waals surface area contributed by atoms with Gasteiger partial charge in [-0.3, -0.25) is 14.2 Å². The molecule has 10 heteroatoms. The third-order valence-electron chi connectivity index (χ3n) is 9.94. The minimum atomic E-state index is -4.63. The Labute approximate surface area is 345 Å². The van der Waals surface area contributed by atoms with Crippen molar-refractivity contribution in [2.24, 2.45) is 0 Å². The van der Waals surface area contributed by atoms with Gasteiger partial charge in [-0.1, -0.05) is 154 Å². The van der Waals surface area contributed by atoms with E-state index in [4.69, 9.17) is 18.5 Å². The number of phosphoric ester groups is 1. The van der Waals surface area contributed by atoms with Gasteiger partial charge in [0.1, 0.15) is 19.8 Å². The maximum Gasteiger partial charge on any atom is 0.306 e. The van der Waals surface area contributed by atoms with E-state index in [1.165, 1.54) is 122 Å². The van der Waals surface area contributed by atoms with Crippen molar-refractivity contribution in [2.75, 3.05) is 47.5 Å². The summed E-state index contributed by atoms with van der Waals surface area (Å²) in [5.74, 6) is -0.843. The monoisotopic (exact) mass is 814 g/mol. The van der Waals surface area contributed by atoms with Gasteiger partial charge < -0.3 is 27.9 Å². The van der Waals surface area contributed by atoms with Crippen LogP contribution in [-0.4, -0.2) is 70.0 Å². The molecule has 0 aromatic heterocycles. The van der Waals surface area contributed by atoms with Crippen LogP contribution < -0.4 is 4.89 Å². The maximum atomic E-state index is 12.7. The Balaban J connectivity index is 4.34. The average molecular weight is 814 g/mol. The lowest BCUT2D eigenvalue weighted by atomic mass is 10.0. The molecule has 1 unspecified atom stereocenters. The molecule has 9 nitrogen and oxygen atoms in total. The molecule has 0 spiro atoms. The lowest BCUT2D eigenvalue weighted by Crippen LogP contribution is -2.37. The highest BCUT2D eigenvalue weighted by Gasteiger charge is 2.21. The first-order valence-corrected chi connectivity index (χ1v) is 24.5. The molecule has 0 aliphatic heterocycles. The second kappa shape index (κ2) is 39.0. The predicted octanol–water partition coefficient (Wildman–Crippen LogP) is 12.5. The number of ether oxygens (including phenoxy) is 2. The van der Waals surface area contributed by atoms with Crippen LogP contribution in [0.15, 0.2) is 24.3 Å². The zero-order chi connectivity index (χ0) is 41.4. The highest BCUT2D eigenvalue weighted by Crippen LogP contribution is 2.38. The Morgan fingerprint density at radius 2 is 0.911 bits per heavy atom. The summed E-state index contributed by atoms with van der Waals surface area (Å²) in [7, 11) is 1.16. The van der Waals surface area contributed by atoms with Crippen LogP contribution in [0.1, 0.15) is 206 Å². The van der Waals surface area contributed by atoms with Crippen LogP contribution in [0.25, 0.3) is 0 Å². The molecule has 56 heavy (non-hydrogen) atoms. The van der Waals surface area contributed by atoms with Crippen LogP contribution >= 0.6 is 7.82 Å². The van der Waals surface area contributed by atoms with Crippen molar-refractivity contribution in [3.63, 3.8) is 0 Å². The van der Waals surface area contributed by atoms with E-state index in [-0.39, 0.29) is 32.0 Å². The van der Waals surface area contributed by atoms with Gasteiger partial charge >= 0.3 is 11.9 Å². The molecule has 0 aliphatic rings. The maximum absolute atomic E-state index is 12.7. The topological polar surface area (TPSA) is 111 Å². The normalized spacial score (nSPS) is 13.8. The van der Waals surface area contributed by atoms with Crippen LogP contribution in [0.2, 0.25) is 0 Å². The van der Waals surface area contributed by atoms with Gasteiger partial charge in [0.05, 0.1) is 27.7 Å². The van der Waals surface area contributed by atoms with Crippen molar-refractivity contribution in [2.45, 2.75) is 213 Å². The zero-order valence-corrected chi connectivity index (χ0v) is 38.0. The molecule has 0 bridgehead atoms. The van der Waals surface area contributed by atoms with Crippen LogP contribution in [0.3, 0.4) is 0 Å². The number of nitrogens with zero attached hydrogens (tertiary/aromatic N) is 1. The third-order valence-corrected chi connectivity index (χ3v) is 10.9. The smallest absolute Gasteiger partial charge is 0.306 e. The Morgan fingerprint density at radius 1 is 0.536 bits per heavy atom. The first kappa shape index (κ1) is 54.5. The zero-order valence-electron chi connectivity index (χ0n) is 37.1. The standard InChI is InChI=1S/C46H88NO8P/c1-6-8-10-12-14-16-18-20-22-23-25-27-29-31-33-35-37-39-46(49)55-44(43-54-56(50,51)53-41-40-47(3,4)5)42-52-45(48)38-36-34-32-30-28-26-24-21-19-17-15-13-11-9-7-2/h14,16,25,27,44H,6-13,15,17-24,26,28-43H2,1-5H3/b16-14-,27-25-/t44-/m1/s1. The molecular formula is C46H88NO8P. The number of carbonyl (C=O) groups excluding carboxylic acids is 2. The Hall–Kier alpha value is -1.51. The van der Waals surface area contributed by atoms with E-state index >= 15 is 0 Å². The van der Waals surface area contributed by atoms with Gasteiger partial charge in [0, 0.05) is 12.8 Å². The lowest BCUT2D eigenvalue weighted by molar-refractivity contribution is -0.870. The second-order valence-electron chi connectivity index (χ2n) is 16.8. The molecule has 0 saturated heterocycles. The van der Waals surface area contributed by atoms with Crippen molar-refractivity contribution in [3.8, 4) is 0 Å². The van der Waals surface area contributed by atoms with E-state index in [1.807, 2.05) is 21.1 Å². The fraction of sp³-hybridized carbons (Fsp3) is 0.870. The van der Waals surface area contributed by atoms with Crippen LogP contribution in [0.4, 0.5) is 0 Å². The van der Waals surface area contributed by atoms with E-state index in [9.17, 15) is 19.0 Å². The highest BCUT2D eigenvalue weighted by atomic mass is 31.2. The molecule has 0 radical (unpaired) electrons. The van der Waals surface area contributed by atoms with Gasteiger partial charge in [-0.25, -0.2) is 0 Å². The SMILES string of the molecule is CCCCC/C=C\CCCC/C=C\CCCCCCC(=O)O[C@H](COC(=O)CCCCCCCCCCCCCCCCC)COP(=O)([O-])OCC[N+](C)(C)C. The number of carbonyl (C=O) groups is 2. The van der Waals surface area contributed by atoms with Gasteiger partial charge in [0.25, 0.3) is 7.82 Å². The largest absolute Gasteiger partial charge is 0.756 e. The van der Waals surface area contributed by atoms with Gasteiger partial charge in [0.2, 0.25) is 0 Å². The van der Waals surface area contributed by atoms with E-state index < -0.39 is 26.5 Å². The molecule has 0 fully saturated rings. The predicted molar refractivity (Wildman–Crippen MR) is 231 cm³/mol. The fourth-order valence-electron chi connectivity index (χ4n) is 6.29. The summed E-state index contributed by atoms with van der Waals surface area (Å²) in [4.78, 5) is 37.6. The number of hydrogen-bond acceptors (Lipinski definition) is 8. The molecule has 0 N–H and O–H groups in total. The average Bonchev–Trinajstić information content (AvgIpc) is 3.15. The van der Waals surface area contributed by atoms with Crippen LogP contribution in [0.5, 0.6) is 0 Å². The molecule has 0 rings (SSSR count). The number of likely N-dealkylation sites (N-methyl/N-ethyl adjacent to an activating group) is 1. The molecule has 2 atom stereocenters. The molecule has 330 valence electrons. The minimum Gasteiger partial charge on any atom is -0.756 e. The van der Waals surface area contributed by atoms with Crippen molar-refractivity contribution in [1.82, 2.24) is 0 Å². The lowest BCUT2D eigenvalue weighted by Gasteiger charge is -2.28. The summed E-state index contributed by atoms with van der Waals surface area (Å²) in [6, 6.07) is 0. The highest BCUT2D eigenvalue weighted by molar-refractivity contribution is 7.45. The summed E-state index contributed by atoms with van der Waals surface area (Å²) in [5.41, 5.74) is 0. The van der Waals surface area contributed by atoms with Crippen molar-refractivity contribution >= 4 is 19.8 Å². The van der Waals surface area contributed by atoms with Crippen molar-refractivity contribution in [3.05, 3.63) is 24.3 Å². The number of rotatable bonds is 42. The number of hydrogen-bond donors (Lipinski definition) is 0. The Morgan fingerprint density at radius 3 is 1.38 bits per heavy atom. The van der Waals surface area contributed by atoms with Gasteiger partial charge in [0.15, 0.2) is 6.10 Å². The number of phosphoric acid groups is 1. The van der Waals surface area contributed by atoms with Crippen LogP contribution in [0, 0.1) is 0 Å². The van der Waals surface area contributed by atoms with E-state index in [2.05, 4.69) is 38.2 Å². The first-order chi connectivity index (χ1) is 27.0. The van der Waals surface area contributed by atoms with Crippen molar-refractivity contribution < 1.29 is 42.1 Å². The fourth-order valence-corrected chi connectivity index (χ4v) is 7.02. The molecule has 0 aromatic carbocycles. The molecular weight excluding hydrogens is 725 g/mol. The quantitative estimate of drug-likeness (QED) is 0.0197. The number of unbranched alkanes of at least 4 members (excludes halogenated alkanes) is 24. The number of allylic oxidation sites excluding steroid dienone is 4. The summed E-state index contributed by atoms with van der Waals surface area (Å²) in [5, 5.41) is 0. The minimum absolute atomic E-state index is 0.0319. The number of quaternary nitrogens is 1. The summed E-state index contributed by atoms with van der Waals surface area (Å²) >= 11 is 0. The molecule has 0 amide bonds. The third kappa shape index (κ3) is 42.1. The summed E-state index contributed by atoms with van der Waals surface area (Å²) < 4.78 is 33.9. The first-order valence-electron chi connectivity index (χ1n) is 23.0. The van der Waals surface area contributed by atoms with E-state index in [1.54, 1.807) is 0 Å². The van der Waals surface area contributed by atoms with Gasteiger partial charge in [-0.2, -0.15) is 0 Å². The van der Waals surface area contributed by atoms with Gasteiger partial charge in [-0.15, -0.1) is 0 Å². The number of esters is 2. The van der Waals surface area contributed by atoms with E-state index in [0.29, 0.717) is 17.4 Å². The molecule has 0 heterocycles. The molecule has 0 aliphatic carbocycles. The van der Waals surface area contributed by atoms with Crippen molar-refractivity contribution in [1.29, 1.82) is 0 Å². The van der Waals surface area contributed by atoms with Crippen LogP contribution in [-0.2, 0) is 32.7 Å². The summed E-state index contributed by atoms with van der Waals surface area (Å²) in [6.07, 6.45) is 42.0. The summed E-state index contributed by atoms with van der Waals surface area (Å²) in [6.45, 7) is 4.21. The Kier molecular flexibility index (Phi) is 37.9. The Bertz CT molecular complexity index is 1010. The molecule has 0 saturated carbocycles.